The van der Waals surface area contributed by atoms with Crippen LogP contribution in [0.25, 0.3) is 10.8 Å². The van der Waals surface area contributed by atoms with Gasteiger partial charge in [-0.15, -0.1) is 0 Å². The Labute approximate surface area is 160 Å². The smallest absolute Gasteiger partial charge is 0.0957 e. The first kappa shape index (κ1) is 20.5. The molecule has 0 N–H and O–H groups in total. The molecule has 0 bridgehead atoms. The van der Waals surface area contributed by atoms with E-state index < -0.39 is 0 Å². The molecule has 2 aromatic carbocycles. The van der Waals surface area contributed by atoms with Gasteiger partial charge in [0.2, 0.25) is 0 Å². The van der Waals surface area contributed by atoms with Crippen molar-refractivity contribution in [1.29, 1.82) is 0 Å². The molecule has 2 nitrogen and oxygen atoms in total. The summed E-state index contributed by atoms with van der Waals surface area (Å²) in [6, 6.07) is 12.0. The van der Waals surface area contributed by atoms with E-state index in [1.807, 2.05) is 0 Å². The zero-order valence-electron chi connectivity index (χ0n) is 18.1. The lowest BCUT2D eigenvalue weighted by Crippen LogP contribution is -2.37. The van der Waals surface area contributed by atoms with Crippen LogP contribution in [0.5, 0.6) is 0 Å². The third-order valence-electron chi connectivity index (χ3n) is 5.74. The van der Waals surface area contributed by atoms with Crippen molar-refractivity contribution in [1.82, 2.24) is 4.90 Å². The zero-order valence-corrected chi connectivity index (χ0v) is 18.1. The molecule has 0 amide bonds. The summed E-state index contributed by atoms with van der Waals surface area (Å²) in [6.45, 7) is 18.8. The van der Waals surface area contributed by atoms with Gasteiger partial charge in [-0.1, -0.05) is 63.6 Å². The predicted octanol–water partition coefficient (Wildman–Crippen LogP) is 6.31. The second-order valence-corrected chi connectivity index (χ2v) is 8.66. The van der Waals surface area contributed by atoms with E-state index in [9.17, 15) is 0 Å². The van der Waals surface area contributed by atoms with E-state index in [1.54, 1.807) is 0 Å². The molecule has 142 valence electrons. The van der Waals surface area contributed by atoms with Crippen LogP contribution in [0, 0.1) is 6.92 Å². The van der Waals surface area contributed by atoms with Crippen molar-refractivity contribution in [3.63, 3.8) is 0 Å². The van der Waals surface area contributed by atoms with Gasteiger partial charge in [0.15, 0.2) is 0 Å². The normalized spacial score (nSPS) is 15.2. The van der Waals surface area contributed by atoms with Crippen molar-refractivity contribution in [2.45, 2.75) is 72.8 Å². The molecule has 0 saturated carbocycles. The Morgan fingerprint density at radius 3 is 2.31 bits per heavy atom. The number of hydrogen-bond donors (Lipinski definition) is 0. The molecular formula is C24H36N2. The minimum Gasteiger partial charge on any atom is -0.360 e. The van der Waals surface area contributed by atoms with Crippen LogP contribution < -0.4 is 0 Å². The minimum absolute atomic E-state index is 0.139. The summed E-state index contributed by atoms with van der Waals surface area (Å²) in [4.78, 5) is 6.90. The van der Waals surface area contributed by atoms with Crippen LogP contribution in [0.2, 0.25) is 0 Å². The molecule has 0 saturated heterocycles. The molecule has 0 aliphatic heterocycles. The first-order chi connectivity index (χ1) is 12.1. The molecule has 0 aliphatic carbocycles. The SMILES string of the molecule is CC/N=C(/C)N(C)C(C)C(C)c1ccc(C(C)(C)C)c2cc(C)ccc12. The number of nitrogens with zero attached hydrogens (tertiary/aromatic N) is 2. The molecular weight excluding hydrogens is 316 g/mol. The van der Waals surface area contributed by atoms with E-state index in [1.165, 1.54) is 27.5 Å². The van der Waals surface area contributed by atoms with E-state index in [4.69, 9.17) is 0 Å². The third kappa shape index (κ3) is 4.11. The van der Waals surface area contributed by atoms with E-state index in [0.717, 1.165) is 12.4 Å². The lowest BCUT2D eigenvalue weighted by atomic mass is 9.80. The number of fused-ring (bicyclic) bond motifs is 1. The van der Waals surface area contributed by atoms with Crippen LogP contribution in [0.3, 0.4) is 0 Å². The highest BCUT2D eigenvalue weighted by atomic mass is 15.2. The second-order valence-electron chi connectivity index (χ2n) is 8.66. The zero-order chi connectivity index (χ0) is 19.6. The summed E-state index contributed by atoms with van der Waals surface area (Å²) in [5.74, 6) is 1.53. The van der Waals surface area contributed by atoms with E-state index in [2.05, 4.69) is 103 Å². The lowest BCUT2D eigenvalue weighted by molar-refractivity contribution is 0.345. The summed E-state index contributed by atoms with van der Waals surface area (Å²) in [7, 11) is 2.16. The first-order valence-corrected chi connectivity index (χ1v) is 9.85. The summed E-state index contributed by atoms with van der Waals surface area (Å²) in [6.07, 6.45) is 0. The molecule has 2 unspecified atom stereocenters. The summed E-state index contributed by atoms with van der Waals surface area (Å²) < 4.78 is 0. The maximum Gasteiger partial charge on any atom is 0.0957 e. The van der Waals surface area contributed by atoms with E-state index in [0.29, 0.717) is 12.0 Å². The molecule has 0 heterocycles. The van der Waals surface area contributed by atoms with Crippen molar-refractivity contribution in [3.8, 4) is 0 Å². The Kier molecular flexibility index (Phi) is 6.16. The van der Waals surface area contributed by atoms with Crippen molar-refractivity contribution in [3.05, 3.63) is 47.0 Å². The van der Waals surface area contributed by atoms with Gasteiger partial charge in [-0.2, -0.15) is 0 Å². The van der Waals surface area contributed by atoms with Gasteiger partial charge in [0, 0.05) is 25.6 Å². The van der Waals surface area contributed by atoms with E-state index in [-0.39, 0.29) is 5.41 Å². The number of aliphatic imine (C=N–C) groups is 1. The molecule has 0 radical (unpaired) electrons. The Hall–Kier alpha value is -1.83. The maximum absolute atomic E-state index is 4.58. The van der Waals surface area contributed by atoms with Crippen LogP contribution in [0.1, 0.15) is 71.1 Å². The summed E-state index contributed by atoms with van der Waals surface area (Å²) in [5.41, 5.74) is 4.32. The predicted molar refractivity (Wildman–Crippen MR) is 117 cm³/mol. The highest BCUT2D eigenvalue weighted by Crippen LogP contribution is 2.36. The summed E-state index contributed by atoms with van der Waals surface area (Å²) >= 11 is 0. The van der Waals surface area contributed by atoms with Gasteiger partial charge in [-0.05, 0) is 55.0 Å². The molecule has 2 aromatic rings. The maximum atomic E-state index is 4.58. The number of benzene rings is 2. The van der Waals surface area contributed by atoms with Gasteiger partial charge < -0.3 is 4.90 Å². The van der Waals surface area contributed by atoms with Crippen LogP contribution in [-0.4, -0.2) is 30.4 Å². The average Bonchev–Trinajstić information content (AvgIpc) is 2.57. The van der Waals surface area contributed by atoms with Crippen LogP contribution >= 0.6 is 0 Å². The number of likely N-dealkylation sites (N-methyl/N-ethyl adjacent to an activating group) is 1. The van der Waals surface area contributed by atoms with Crippen LogP contribution in [-0.2, 0) is 5.41 Å². The van der Waals surface area contributed by atoms with Crippen molar-refractivity contribution in [2.24, 2.45) is 4.99 Å². The quantitative estimate of drug-likeness (QED) is 0.465. The molecule has 0 aromatic heterocycles. The second kappa shape index (κ2) is 7.82. The molecule has 26 heavy (non-hydrogen) atoms. The Morgan fingerprint density at radius 1 is 1.08 bits per heavy atom. The molecule has 2 rings (SSSR count). The largest absolute Gasteiger partial charge is 0.360 e. The minimum atomic E-state index is 0.139. The number of rotatable bonds is 4. The van der Waals surface area contributed by atoms with Gasteiger partial charge >= 0.3 is 0 Å². The fraction of sp³-hybridized carbons (Fsp3) is 0.542. The number of hydrogen-bond acceptors (Lipinski definition) is 1. The van der Waals surface area contributed by atoms with Crippen molar-refractivity contribution < 1.29 is 0 Å². The Morgan fingerprint density at radius 2 is 1.73 bits per heavy atom. The third-order valence-corrected chi connectivity index (χ3v) is 5.74. The topological polar surface area (TPSA) is 15.6 Å². The van der Waals surface area contributed by atoms with Crippen LogP contribution in [0.4, 0.5) is 0 Å². The van der Waals surface area contributed by atoms with Crippen LogP contribution in [0.15, 0.2) is 35.3 Å². The number of amidine groups is 1. The van der Waals surface area contributed by atoms with Crippen molar-refractivity contribution >= 4 is 16.6 Å². The fourth-order valence-corrected chi connectivity index (χ4v) is 3.77. The molecule has 0 aliphatic rings. The Balaban J connectivity index is 2.55. The molecule has 2 atom stereocenters. The Bertz CT molecular complexity index is 796. The van der Waals surface area contributed by atoms with Gasteiger partial charge in [-0.25, -0.2) is 0 Å². The van der Waals surface area contributed by atoms with Gasteiger partial charge in [0.1, 0.15) is 0 Å². The summed E-state index contributed by atoms with van der Waals surface area (Å²) in [5, 5.41) is 2.79. The van der Waals surface area contributed by atoms with Gasteiger partial charge in [0.25, 0.3) is 0 Å². The standard InChI is InChI=1S/C24H36N2/c1-10-25-19(5)26(9)18(4)17(3)20-13-14-23(24(6,7)8)22-15-16(2)11-12-21(20)22/h11-15,17-18H,10H2,1-9H3/b25-19-. The monoisotopic (exact) mass is 352 g/mol. The first-order valence-electron chi connectivity index (χ1n) is 9.85. The van der Waals surface area contributed by atoms with Gasteiger partial charge in [0.05, 0.1) is 5.84 Å². The highest BCUT2D eigenvalue weighted by molar-refractivity contribution is 5.90. The fourth-order valence-electron chi connectivity index (χ4n) is 3.77. The highest BCUT2D eigenvalue weighted by Gasteiger charge is 2.24. The average molecular weight is 353 g/mol. The molecule has 2 heteroatoms. The molecule has 0 fully saturated rings. The van der Waals surface area contributed by atoms with E-state index >= 15 is 0 Å². The van der Waals surface area contributed by atoms with Gasteiger partial charge in [-0.3, -0.25) is 4.99 Å². The lowest BCUT2D eigenvalue weighted by Gasteiger charge is -2.33. The molecule has 0 spiro atoms. The number of aryl methyl sites for hydroxylation is 1. The van der Waals surface area contributed by atoms with Crippen molar-refractivity contribution in [2.75, 3.05) is 13.6 Å².